The number of anilines is 2. The Hall–Kier alpha value is -3.16. The van der Waals surface area contributed by atoms with Crippen LogP contribution in [-0.4, -0.2) is 65.6 Å². The van der Waals surface area contributed by atoms with Gasteiger partial charge in [-0.3, -0.25) is 9.69 Å². The van der Waals surface area contributed by atoms with Gasteiger partial charge < -0.3 is 16.0 Å². The topological polar surface area (TPSA) is 87.4 Å². The maximum atomic E-state index is 15.4. The molecule has 2 aromatic rings. The molecule has 0 unspecified atom stereocenters. The summed E-state index contributed by atoms with van der Waals surface area (Å²) in [5, 5.41) is 2.72. The SMILES string of the molecule is NC(=O)CN1CC[C@H](CNc2ncnc(N3CC(F)(F)C[C@@H]3c3ccc(C(F)(F)F)cc3)c2F)[C@@H](F)C1. The van der Waals surface area contributed by atoms with Gasteiger partial charge in [0, 0.05) is 25.4 Å². The van der Waals surface area contributed by atoms with E-state index in [1.807, 2.05) is 0 Å². The smallest absolute Gasteiger partial charge is 0.369 e. The molecule has 0 spiro atoms. The second-order valence-corrected chi connectivity index (χ2v) is 9.33. The summed E-state index contributed by atoms with van der Waals surface area (Å²) in [4.78, 5) is 21.3. The summed E-state index contributed by atoms with van der Waals surface area (Å²) in [5.74, 6) is -6.09. The second kappa shape index (κ2) is 10.3. The van der Waals surface area contributed by atoms with E-state index in [1.165, 1.54) is 0 Å². The lowest BCUT2D eigenvalue weighted by molar-refractivity contribution is -0.137. The Labute approximate surface area is 207 Å². The van der Waals surface area contributed by atoms with Gasteiger partial charge in [0.1, 0.15) is 12.5 Å². The Balaban J connectivity index is 1.50. The third-order valence-electron chi connectivity index (χ3n) is 6.61. The third-order valence-corrected chi connectivity index (χ3v) is 6.61. The zero-order chi connectivity index (χ0) is 27.0. The molecule has 1 amide bonds. The van der Waals surface area contributed by atoms with E-state index in [0.29, 0.717) is 13.0 Å². The molecule has 2 fully saturated rings. The van der Waals surface area contributed by atoms with Crippen LogP contribution < -0.4 is 16.0 Å². The highest BCUT2D eigenvalue weighted by molar-refractivity contribution is 5.75. The van der Waals surface area contributed by atoms with E-state index >= 15 is 4.39 Å². The van der Waals surface area contributed by atoms with Crippen molar-refractivity contribution in [3.05, 3.63) is 47.5 Å². The monoisotopic (exact) mass is 534 g/mol. The summed E-state index contributed by atoms with van der Waals surface area (Å²) < 4.78 is 97.4. The Bertz CT molecular complexity index is 1110. The van der Waals surface area contributed by atoms with E-state index < -0.39 is 66.3 Å². The highest BCUT2D eigenvalue weighted by Crippen LogP contribution is 2.44. The molecule has 0 bridgehead atoms. The highest BCUT2D eigenvalue weighted by atomic mass is 19.4. The molecule has 2 aliphatic heterocycles. The van der Waals surface area contributed by atoms with Crippen LogP contribution in [0.4, 0.5) is 42.4 Å². The van der Waals surface area contributed by atoms with Crippen LogP contribution in [0, 0.1) is 11.7 Å². The molecule has 3 heterocycles. The van der Waals surface area contributed by atoms with Crippen LogP contribution >= 0.6 is 0 Å². The first-order valence-electron chi connectivity index (χ1n) is 11.5. The predicted octanol–water partition coefficient (Wildman–Crippen LogP) is 3.78. The first-order chi connectivity index (χ1) is 17.3. The summed E-state index contributed by atoms with van der Waals surface area (Å²) in [6, 6.07) is 2.63. The molecular weight excluding hydrogens is 509 g/mol. The minimum absolute atomic E-state index is 0.00254. The van der Waals surface area contributed by atoms with Crippen LogP contribution in [0.1, 0.15) is 30.0 Å². The van der Waals surface area contributed by atoms with Crippen LogP contribution in [0.3, 0.4) is 0 Å². The average molecular weight is 534 g/mol. The molecule has 1 aromatic heterocycles. The molecule has 1 aromatic carbocycles. The number of carbonyl (C=O) groups excluding carboxylic acids is 1. The van der Waals surface area contributed by atoms with Gasteiger partial charge in [-0.05, 0) is 30.7 Å². The molecule has 37 heavy (non-hydrogen) atoms. The zero-order valence-electron chi connectivity index (χ0n) is 19.5. The second-order valence-electron chi connectivity index (χ2n) is 9.33. The molecule has 3 atom stereocenters. The van der Waals surface area contributed by atoms with E-state index in [-0.39, 0.29) is 31.0 Å². The number of likely N-dealkylation sites (tertiary alicyclic amines) is 1. The molecule has 2 aliphatic rings. The summed E-state index contributed by atoms with van der Waals surface area (Å²) in [7, 11) is 0. The Morgan fingerprint density at radius 3 is 2.51 bits per heavy atom. The van der Waals surface area contributed by atoms with Gasteiger partial charge in [0.05, 0.1) is 24.7 Å². The van der Waals surface area contributed by atoms with Crippen LogP contribution in [0.2, 0.25) is 0 Å². The van der Waals surface area contributed by atoms with E-state index in [0.717, 1.165) is 35.5 Å². The van der Waals surface area contributed by atoms with E-state index in [1.54, 1.807) is 4.90 Å². The molecule has 2 saturated heterocycles. The molecule has 4 rings (SSSR count). The lowest BCUT2D eigenvalue weighted by Crippen LogP contribution is -2.46. The molecule has 0 radical (unpaired) electrons. The molecule has 0 aliphatic carbocycles. The van der Waals surface area contributed by atoms with Crippen LogP contribution in [0.5, 0.6) is 0 Å². The molecule has 3 N–H and O–H groups in total. The van der Waals surface area contributed by atoms with Gasteiger partial charge in [0.2, 0.25) is 11.7 Å². The van der Waals surface area contributed by atoms with Crippen molar-refractivity contribution in [3.63, 3.8) is 0 Å². The fourth-order valence-corrected chi connectivity index (χ4v) is 4.75. The lowest BCUT2D eigenvalue weighted by Gasteiger charge is -2.34. The van der Waals surface area contributed by atoms with Crippen molar-refractivity contribution in [2.24, 2.45) is 11.7 Å². The van der Waals surface area contributed by atoms with E-state index in [2.05, 4.69) is 15.3 Å². The number of carbonyl (C=O) groups is 1. The number of nitrogens with zero attached hydrogens (tertiary/aromatic N) is 4. The van der Waals surface area contributed by atoms with Gasteiger partial charge in [-0.25, -0.2) is 23.1 Å². The van der Waals surface area contributed by atoms with Crippen molar-refractivity contribution < 1.29 is 35.5 Å². The van der Waals surface area contributed by atoms with E-state index in [9.17, 15) is 31.1 Å². The number of hydrogen-bond donors (Lipinski definition) is 2. The first kappa shape index (κ1) is 26.9. The quantitative estimate of drug-likeness (QED) is 0.526. The number of alkyl halides is 6. The van der Waals surface area contributed by atoms with Gasteiger partial charge in [0.15, 0.2) is 11.6 Å². The number of nitrogens with two attached hydrogens (primary N) is 1. The van der Waals surface area contributed by atoms with Crippen molar-refractivity contribution in [1.82, 2.24) is 14.9 Å². The lowest BCUT2D eigenvalue weighted by atomic mass is 9.95. The fraction of sp³-hybridized carbons (Fsp3) is 0.522. The Kier molecular flexibility index (Phi) is 7.49. The van der Waals surface area contributed by atoms with E-state index in [4.69, 9.17) is 5.73 Å². The number of rotatable bonds is 7. The number of amides is 1. The summed E-state index contributed by atoms with van der Waals surface area (Å²) in [5.41, 5.74) is 4.36. The summed E-state index contributed by atoms with van der Waals surface area (Å²) >= 11 is 0. The summed E-state index contributed by atoms with van der Waals surface area (Å²) in [6.07, 6.45) is -5.29. The normalized spacial score (nSPS) is 24.3. The van der Waals surface area contributed by atoms with Crippen molar-refractivity contribution >= 4 is 17.5 Å². The number of nitrogens with one attached hydrogen (secondary N) is 1. The van der Waals surface area contributed by atoms with Crippen LogP contribution in [-0.2, 0) is 11.0 Å². The number of piperidine rings is 1. The van der Waals surface area contributed by atoms with Crippen LogP contribution in [0.25, 0.3) is 0 Å². The maximum Gasteiger partial charge on any atom is 0.416 e. The van der Waals surface area contributed by atoms with Crippen molar-refractivity contribution in [2.45, 2.75) is 37.2 Å². The summed E-state index contributed by atoms with van der Waals surface area (Å²) in [6.45, 7) is -0.547. The van der Waals surface area contributed by atoms with Crippen molar-refractivity contribution in [2.75, 3.05) is 42.9 Å². The van der Waals surface area contributed by atoms with Gasteiger partial charge in [-0.1, -0.05) is 12.1 Å². The van der Waals surface area contributed by atoms with Gasteiger partial charge in [-0.2, -0.15) is 17.6 Å². The fourth-order valence-electron chi connectivity index (χ4n) is 4.75. The number of halogens is 7. The van der Waals surface area contributed by atoms with Gasteiger partial charge in [0.25, 0.3) is 5.92 Å². The highest BCUT2D eigenvalue weighted by Gasteiger charge is 2.47. The minimum Gasteiger partial charge on any atom is -0.369 e. The standard InChI is InChI=1S/C23H25F7N6O/c24-16-9-35(10-18(31)37)6-5-14(16)8-32-20-19(25)21(34-12-33-20)36-11-22(26,27)7-17(36)13-1-3-15(4-2-13)23(28,29)30/h1-4,12,14,16-17H,5-11H2,(H2,31,37)(H,32,33,34)/t14-,16+,17-/m1/s1. The number of hydrogen-bond acceptors (Lipinski definition) is 6. The van der Waals surface area contributed by atoms with Crippen molar-refractivity contribution in [1.29, 1.82) is 0 Å². The first-order valence-corrected chi connectivity index (χ1v) is 11.5. The molecule has 14 heteroatoms. The Morgan fingerprint density at radius 1 is 1.19 bits per heavy atom. The number of benzene rings is 1. The molecule has 202 valence electrons. The number of aromatic nitrogens is 2. The Morgan fingerprint density at radius 2 is 1.89 bits per heavy atom. The number of primary amides is 1. The molecular formula is C23H25F7N6O. The van der Waals surface area contributed by atoms with Crippen LogP contribution in [0.15, 0.2) is 30.6 Å². The zero-order valence-corrected chi connectivity index (χ0v) is 19.5. The van der Waals surface area contributed by atoms with Crippen molar-refractivity contribution in [3.8, 4) is 0 Å². The maximum absolute atomic E-state index is 15.4. The molecule has 7 nitrogen and oxygen atoms in total. The van der Waals surface area contributed by atoms with Gasteiger partial charge >= 0.3 is 6.18 Å². The predicted molar refractivity (Wildman–Crippen MR) is 120 cm³/mol. The largest absolute Gasteiger partial charge is 0.416 e. The average Bonchev–Trinajstić information content (AvgIpc) is 3.13. The minimum atomic E-state index is -4.59. The third kappa shape index (κ3) is 6.22. The van der Waals surface area contributed by atoms with Gasteiger partial charge in [-0.15, -0.1) is 0 Å². The molecule has 0 saturated carbocycles.